The molecule has 0 saturated carbocycles. The molecule has 0 radical (unpaired) electrons. The van der Waals surface area contributed by atoms with Crippen molar-refractivity contribution in [2.24, 2.45) is 0 Å². The van der Waals surface area contributed by atoms with E-state index in [1.54, 1.807) is 0 Å². The zero-order chi connectivity index (χ0) is 13.0. The molecule has 0 aliphatic heterocycles. The van der Waals surface area contributed by atoms with E-state index in [0.717, 1.165) is 29.2 Å². The highest BCUT2D eigenvalue weighted by molar-refractivity contribution is 5.43. The molecular formula is C16H19NO. The lowest BCUT2D eigenvalue weighted by atomic mass is 10.1. The Hall–Kier alpha value is -1.80. The zero-order valence-corrected chi connectivity index (χ0v) is 11.2. The Morgan fingerprint density at radius 3 is 2.11 bits per heavy atom. The number of hydrogen-bond acceptors (Lipinski definition) is 2. The Labute approximate surface area is 109 Å². The van der Waals surface area contributed by atoms with Gasteiger partial charge in [-0.15, -0.1) is 0 Å². The van der Waals surface area contributed by atoms with Crippen LogP contribution >= 0.6 is 0 Å². The van der Waals surface area contributed by atoms with Crippen molar-refractivity contribution in [1.82, 2.24) is 5.32 Å². The molecule has 0 atom stereocenters. The molecular weight excluding hydrogens is 222 g/mol. The van der Waals surface area contributed by atoms with Gasteiger partial charge < -0.3 is 10.1 Å². The normalized spacial score (nSPS) is 10.4. The molecule has 0 spiro atoms. The number of para-hydroxylation sites is 1. The summed E-state index contributed by atoms with van der Waals surface area (Å²) in [5, 5.41) is 3.13. The maximum absolute atomic E-state index is 5.95. The first-order valence-electron chi connectivity index (χ1n) is 6.18. The number of benzene rings is 2. The first-order valence-corrected chi connectivity index (χ1v) is 6.18. The number of hydrogen-bond donors (Lipinski definition) is 1. The maximum atomic E-state index is 5.95. The number of ether oxygens (including phenoxy) is 1. The largest absolute Gasteiger partial charge is 0.457 e. The van der Waals surface area contributed by atoms with Gasteiger partial charge in [0.15, 0.2) is 0 Å². The minimum Gasteiger partial charge on any atom is -0.457 e. The van der Waals surface area contributed by atoms with Crippen molar-refractivity contribution >= 4 is 0 Å². The van der Waals surface area contributed by atoms with Crippen molar-refractivity contribution in [2.75, 3.05) is 7.05 Å². The highest BCUT2D eigenvalue weighted by Crippen LogP contribution is 2.28. The lowest BCUT2D eigenvalue weighted by Crippen LogP contribution is -2.04. The van der Waals surface area contributed by atoms with Crippen LogP contribution in [0.1, 0.15) is 16.7 Å². The molecule has 2 heteroatoms. The molecule has 94 valence electrons. The summed E-state index contributed by atoms with van der Waals surface area (Å²) in [5.74, 6) is 1.84. The van der Waals surface area contributed by atoms with Gasteiger partial charge in [0, 0.05) is 6.54 Å². The van der Waals surface area contributed by atoms with Crippen molar-refractivity contribution < 1.29 is 4.74 Å². The minimum atomic E-state index is 0.879. The van der Waals surface area contributed by atoms with Gasteiger partial charge in [0.1, 0.15) is 11.5 Å². The smallest absolute Gasteiger partial charge is 0.133 e. The van der Waals surface area contributed by atoms with E-state index in [-0.39, 0.29) is 0 Å². The van der Waals surface area contributed by atoms with E-state index in [9.17, 15) is 0 Å². The maximum Gasteiger partial charge on any atom is 0.133 e. The van der Waals surface area contributed by atoms with Gasteiger partial charge in [0.2, 0.25) is 0 Å². The average molecular weight is 241 g/mol. The van der Waals surface area contributed by atoms with Gasteiger partial charge in [-0.25, -0.2) is 0 Å². The van der Waals surface area contributed by atoms with E-state index < -0.39 is 0 Å². The molecule has 2 aromatic carbocycles. The highest BCUT2D eigenvalue weighted by Gasteiger charge is 2.04. The Morgan fingerprint density at radius 2 is 1.56 bits per heavy atom. The lowest BCUT2D eigenvalue weighted by molar-refractivity contribution is 0.475. The van der Waals surface area contributed by atoms with E-state index in [1.807, 2.05) is 25.2 Å². The molecule has 0 unspecified atom stereocenters. The molecule has 0 fully saturated rings. The van der Waals surface area contributed by atoms with Gasteiger partial charge in [-0.3, -0.25) is 0 Å². The van der Waals surface area contributed by atoms with Crippen molar-refractivity contribution in [1.29, 1.82) is 0 Å². The third-order valence-electron chi connectivity index (χ3n) is 2.93. The first-order chi connectivity index (χ1) is 8.70. The van der Waals surface area contributed by atoms with Crippen molar-refractivity contribution in [2.45, 2.75) is 20.4 Å². The third-order valence-corrected chi connectivity index (χ3v) is 2.93. The number of nitrogens with one attached hydrogen (secondary N) is 1. The van der Waals surface area contributed by atoms with Gasteiger partial charge in [0.25, 0.3) is 0 Å². The second kappa shape index (κ2) is 5.69. The van der Waals surface area contributed by atoms with Crippen LogP contribution < -0.4 is 10.1 Å². The molecule has 2 aromatic rings. The average Bonchev–Trinajstić information content (AvgIpc) is 2.36. The van der Waals surface area contributed by atoms with Crippen LogP contribution in [0.25, 0.3) is 0 Å². The molecule has 0 amide bonds. The van der Waals surface area contributed by atoms with E-state index in [4.69, 9.17) is 4.74 Å². The summed E-state index contributed by atoms with van der Waals surface area (Å²) >= 11 is 0. The van der Waals surface area contributed by atoms with Crippen LogP contribution in [-0.4, -0.2) is 7.05 Å². The predicted octanol–water partition coefficient (Wildman–Crippen LogP) is 3.82. The van der Waals surface area contributed by atoms with Crippen LogP contribution in [0.4, 0.5) is 0 Å². The molecule has 2 nitrogen and oxygen atoms in total. The molecule has 0 heterocycles. The third kappa shape index (κ3) is 2.90. The summed E-state index contributed by atoms with van der Waals surface area (Å²) in [5.41, 5.74) is 3.58. The molecule has 0 saturated heterocycles. The van der Waals surface area contributed by atoms with Crippen LogP contribution in [0.2, 0.25) is 0 Å². The van der Waals surface area contributed by atoms with Gasteiger partial charge in [-0.2, -0.15) is 0 Å². The SMILES string of the molecule is CNCc1ccc(Oc2c(C)cccc2C)cc1. The van der Waals surface area contributed by atoms with Crippen LogP contribution in [0.3, 0.4) is 0 Å². The fourth-order valence-corrected chi connectivity index (χ4v) is 1.96. The zero-order valence-electron chi connectivity index (χ0n) is 11.2. The fourth-order valence-electron chi connectivity index (χ4n) is 1.96. The lowest BCUT2D eigenvalue weighted by Gasteiger charge is -2.11. The van der Waals surface area contributed by atoms with Gasteiger partial charge >= 0.3 is 0 Å². The van der Waals surface area contributed by atoms with Crippen LogP contribution in [0.15, 0.2) is 42.5 Å². The Bertz CT molecular complexity index is 497. The molecule has 0 aromatic heterocycles. The molecule has 0 aliphatic rings. The minimum absolute atomic E-state index is 0.879. The molecule has 2 rings (SSSR count). The van der Waals surface area contributed by atoms with Crippen LogP contribution in [0, 0.1) is 13.8 Å². The summed E-state index contributed by atoms with van der Waals surface area (Å²) in [6, 6.07) is 14.4. The fraction of sp³-hybridized carbons (Fsp3) is 0.250. The van der Waals surface area contributed by atoms with Crippen LogP contribution in [-0.2, 0) is 6.54 Å². The Morgan fingerprint density at radius 1 is 0.944 bits per heavy atom. The monoisotopic (exact) mass is 241 g/mol. The molecule has 18 heavy (non-hydrogen) atoms. The molecule has 1 N–H and O–H groups in total. The van der Waals surface area contributed by atoms with Gasteiger partial charge in [0.05, 0.1) is 0 Å². The molecule has 0 aliphatic carbocycles. The van der Waals surface area contributed by atoms with Crippen molar-refractivity contribution in [3.05, 3.63) is 59.2 Å². The summed E-state index contributed by atoms with van der Waals surface area (Å²) in [6.45, 7) is 5.01. The second-order valence-corrected chi connectivity index (χ2v) is 4.50. The highest BCUT2D eigenvalue weighted by atomic mass is 16.5. The summed E-state index contributed by atoms with van der Waals surface area (Å²) < 4.78 is 5.95. The summed E-state index contributed by atoms with van der Waals surface area (Å²) in [7, 11) is 1.95. The Kier molecular flexibility index (Phi) is 4.00. The predicted molar refractivity (Wildman–Crippen MR) is 75.2 cm³/mol. The van der Waals surface area contributed by atoms with E-state index in [0.29, 0.717) is 0 Å². The Balaban J connectivity index is 2.18. The first kappa shape index (κ1) is 12.7. The second-order valence-electron chi connectivity index (χ2n) is 4.50. The summed E-state index contributed by atoms with van der Waals surface area (Å²) in [6.07, 6.45) is 0. The molecule has 0 bridgehead atoms. The summed E-state index contributed by atoms with van der Waals surface area (Å²) in [4.78, 5) is 0. The standard InChI is InChI=1S/C16H19NO/c1-12-5-4-6-13(2)16(12)18-15-9-7-14(8-10-15)11-17-3/h4-10,17H,11H2,1-3H3. The van der Waals surface area contributed by atoms with Crippen LogP contribution in [0.5, 0.6) is 11.5 Å². The van der Waals surface area contributed by atoms with E-state index in [2.05, 4.69) is 43.4 Å². The van der Waals surface area contributed by atoms with Gasteiger partial charge in [-0.1, -0.05) is 30.3 Å². The number of aryl methyl sites for hydroxylation is 2. The van der Waals surface area contributed by atoms with Gasteiger partial charge in [-0.05, 0) is 49.7 Å². The quantitative estimate of drug-likeness (QED) is 0.878. The number of rotatable bonds is 4. The van der Waals surface area contributed by atoms with E-state index >= 15 is 0 Å². The van der Waals surface area contributed by atoms with E-state index in [1.165, 1.54) is 5.56 Å². The van der Waals surface area contributed by atoms with Crippen molar-refractivity contribution in [3.8, 4) is 11.5 Å². The van der Waals surface area contributed by atoms with Crippen molar-refractivity contribution in [3.63, 3.8) is 0 Å². The topological polar surface area (TPSA) is 21.3 Å².